The van der Waals surface area contributed by atoms with Gasteiger partial charge in [0.1, 0.15) is 10.7 Å². The maximum absolute atomic E-state index is 13.5. The monoisotopic (exact) mass is 513 g/mol. The number of thiophene rings is 1. The zero-order chi connectivity index (χ0) is 25.5. The highest BCUT2D eigenvalue weighted by Crippen LogP contribution is 2.39. The van der Waals surface area contributed by atoms with Crippen molar-refractivity contribution in [2.45, 2.75) is 38.6 Å². The van der Waals surface area contributed by atoms with Crippen LogP contribution in [-0.4, -0.2) is 46.0 Å². The van der Waals surface area contributed by atoms with Crippen LogP contribution in [0.15, 0.2) is 59.4 Å². The van der Waals surface area contributed by atoms with E-state index in [1.807, 2.05) is 13.0 Å². The normalized spacial score (nSPS) is 16.9. The Kier molecular flexibility index (Phi) is 6.22. The maximum atomic E-state index is 13.5. The molecule has 0 radical (unpaired) electrons. The quantitative estimate of drug-likeness (QED) is 0.271. The number of carbonyl (C=O) groups is 2. The lowest BCUT2D eigenvalue weighted by molar-refractivity contribution is 0.0555. The van der Waals surface area contributed by atoms with E-state index in [4.69, 9.17) is 9.72 Å². The van der Waals surface area contributed by atoms with Crippen LogP contribution in [0.1, 0.15) is 54.9 Å². The van der Waals surface area contributed by atoms with Gasteiger partial charge in [0, 0.05) is 4.88 Å². The van der Waals surface area contributed by atoms with Crippen molar-refractivity contribution in [2.24, 2.45) is 0 Å². The minimum atomic E-state index is -0.289. The summed E-state index contributed by atoms with van der Waals surface area (Å²) in [5, 5.41) is 0.753. The number of imide groups is 1. The molecule has 8 heteroatoms. The van der Waals surface area contributed by atoms with E-state index in [-0.39, 0.29) is 30.5 Å². The number of rotatable bonds is 7. The highest BCUT2D eigenvalue weighted by Gasteiger charge is 2.34. The molecule has 6 rings (SSSR count). The van der Waals surface area contributed by atoms with Crippen LogP contribution < -0.4 is 5.56 Å². The van der Waals surface area contributed by atoms with E-state index in [1.54, 1.807) is 40.2 Å². The molecule has 0 bridgehead atoms. The van der Waals surface area contributed by atoms with Crippen molar-refractivity contribution < 1.29 is 14.3 Å². The van der Waals surface area contributed by atoms with E-state index in [9.17, 15) is 14.4 Å². The Morgan fingerprint density at radius 3 is 2.35 bits per heavy atom. The van der Waals surface area contributed by atoms with Gasteiger partial charge in [-0.25, -0.2) is 4.98 Å². The molecule has 2 aromatic heterocycles. The number of benzene rings is 2. The number of nitrogens with zero attached hydrogens (tertiary/aromatic N) is 3. The zero-order valence-electron chi connectivity index (χ0n) is 20.6. The topological polar surface area (TPSA) is 81.5 Å². The Morgan fingerprint density at radius 2 is 1.62 bits per heavy atom. The smallest absolute Gasteiger partial charge is 0.262 e. The minimum Gasteiger partial charge on any atom is -0.378 e. The fourth-order valence-corrected chi connectivity index (χ4v) is 6.82. The summed E-state index contributed by atoms with van der Waals surface area (Å²) >= 11 is 1.65. The lowest BCUT2D eigenvalue weighted by atomic mass is 9.83. The van der Waals surface area contributed by atoms with Crippen molar-refractivity contribution >= 4 is 33.4 Å². The molecule has 0 saturated carbocycles. The molecule has 2 aliphatic rings. The van der Waals surface area contributed by atoms with Gasteiger partial charge in [-0.15, -0.1) is 11.3 Å². The number of hydrogen-bond donors (Lipinski definition) is 0. The Labute approximate surface area is 218 Å². The summed E-state index contributed by atoms with van der Waals surface area (Å²) in [5.74, 6) is 0.561. The zero-order valence-corrected chi connectivity index (χ0v) is 21.4. The number of carbonyl (C=O) groups excluding carboxylic acids is 2. The first-order chi connectivity index (χ1) is 18.0. The highest BCUT2D eigenvalue weighted by atomic mass is 32.1. The predicted molar refractivity (Wildman–Crippen MR) is 142 cm³/mol. The molecular formula is C29H27N3O4S. The third-order valence-corrected chi connectivity index (χ3v) is 8.58. The molecule has 1 aliphatic heterocycles. The van der Waals surface area contributed by atoms with Gasteiger partial charge in [0.15, 0.2) is 0 Å². The van der Waals surface area contributed by atoms with Gasteiger partial charge < -0.3 is 4.74 Å². The number of fused-ring (bicyclic) bond motifs is 4. The molecule has 1 unspecified atom stereocenters. The van der Waals surface area contributed by atoms with Gasteiger partial charge in [-0.2, -0.15) is 0 Å². The van der Waals surface area contributed by atoms with Crippen LogP contribution in [0, 0.1) is 6.92 Å². The highest BCUT2D eigenvalue weighted by molar-refractivity contribution is 7.18. The molecular weight excluding hydrogens is 486 g/mol. The van der Waals surface area contributed by atoms with Gasteiger partial charge in [0.05, 0.1) is 42.8 Å². The van der Waals surface area contributed by atoms with Crippen molar-refractivity contribution in [3.8, 4) is 0 Å². The van der Waals surface area contributed by atoms with E-state index >= 15 is 0 Å². The van der Waals surface area contributed by atoms with Crippen LogP contribution >= 0.6 is 11.3 Å². The predicted octanol–water partition coefficient (Wildman–Crippen LogP) is 4.35. The van der Waals surface area contributed by atoms with Crippen molar-refractivity contribution in [3.05, 3.63) is 97.9 Å². The fraction of sp³-hybridized carbons (Fsp3) is 0.310. The molecule has 7 nitrogen and oxygen atoms in total. The summed E-state index contributed by atoms with van der Waals surface area (Å²) in [5.41, 5.74) is 3.36. The van der Waals surface area contributed by atoms with Crippen LogP contribution in [0.3, 0.4) is 0 Å². The second-order valence-corrected chi connectivity index (χ2v) is 10.7. The Balaban J connectivity index is 1.12. The van der Waals surface area contributed by atoms with Crippen LogP contribution in [0.2, 0.25) is 0 Å². The molecule has 2 aromatic carbocycles. The second-order valence-electron chi connectivity index (χ2n) is 9.57. The Hall–Kier alpha value is -3.62. The molecule has 4 aromatic rings. The number of aromatic nitrogens is 2. The van der Waals surface area contributed by atoms with Gasteiger partial charge in [-0.3, -0.25) is 23.9 Å². The van der Waals surface area contributed by atoms with Gasteiger partial charge in [-0.05, 0) is 55.4 Å². The van der Waals surface area contributed by atoms with E-state index in [0.717, 1.165) is 35.0 Å². The SMILES string of the molecule is Cc1nc2sc3c(c2c(=O)n1CCOCCN1C(=O)c2ccccc2C1=O)CCC(c1ccccc1)C3. The first kappa shape index (κ1) is 23.8. The molecule has 1 atom stereocenters. The fourth-order valence-electron chi connectivity index (χ4n) is 5.49. The molecule has 0 fully saturated rings. The van der Waals surface area contributed by atoms with Crippen LogP contribution in [0.4, 0.5) is 0 Å². The number of amides is 2. The summed E-state index contributed by atoms with van der Waals surface area (Å²) in [6.45, 7) is 2.90. The number of hydrogen-bond acceptors (Lipinski definition) is 6. The van der Waals surface area contributed by atoms with Crippen LogP contribution in [-0.2, 0) is 24.1 Å². The summed E-state index contributed by atoms with van der Waals surface area (Å²) < 4.78 is 7.42. The third kappa shape index (κ3) is 4.20. The summed E-state index contributed by atoms with van der Waals surface area (Å²) in [6, 6.07) is 17.4. The summed E-state index contributed by atoms with van der Waals surface area (Å²) in [4.78, 5) is 46.6. The lowest BCUT2D eigenvalue weighted by Crippen LogP contribution is -2.33. The van der Waals surface area contributed by atoms with E-state index in [1.165, 1.54) is 15.3 Å². The number of ether oxygens (including phenoxy) is 1. The number of aryl methyl sites for hydroxylation is 2. The molecule has 3 heterocycles. The van der Waals surface area contributed by atoms with Crippen molar-refractivity contribution in [1.29, 1.82) is 0 Å². The largest absolute Gasteiger partial charge is 0.378 e. The Morgan fingerprint density at radius 1 is 0.946 bits per heavy atom. The third-order valence-electron chi connectivity index (χ3n) is 7.43. The van der Waals surface area contributed by atoms with Crippen LogP contribution in [0.25, 0.3) is 10.2 Å². The minimum absolute atomic E-state index is 0.0119. The van der Waals surface area contributed by atoms with E-state index in [2.05, 4.69) is 24.3 Å². The van der Waals surface area contributed by atoms with Gasteiger partial charge in [0.25, 0.3) is 17.4 Å². The van der Waals surface area contributed by atoms with Gasteiger partial charge >= 0.3 is 0 Å². The average Bonchev–Trinajstić information content (AvgIpc) is 3.40. The molecule has 0 N–H and O–H groups in total. The summed E-state index contributed by atoms with van der Waals surface area (Å²) in [6.07, 6.45) is 2.85. The van der Waals surface area contributed by atoms with Crippen molar-refractivity contribution in [1.82, 2.24) is 14.5 Å². The maximum Gasteiger partial charge on any atom is 0.262 e. The molecule has 1 aliphatic carbocycles. The summed E-state index contributed by atoms with van der Waals surface area (Å²) in [7, 11) is 0. The van der Waals surface area contributed by atoms with Gasteiger partial charge in [0.2, 0.25) is 0 Å². The van der Waals surface area contributed by atoms with Gasteiger partial charge in [-0.1, -0.05) is 42.5 Å². The van der Waals surface area contributed by atoms with Crippen LogP contribution in [0.5, 0.6) is 0 Å². The first-order valence-electron chi connectivity index (χ1n) is 12.6. The van der Waals surface area contributed by atoms with E-state index in [0.29, 0.717) is 36.0 Å². The molecule has 188 valence electrons. The Bertz CT molecular complexity index is 1540. The lowest BCUT2D eigenvalue weighted by Gasteiger charge is -2.22. The molecule has 0 saturated heterocycles. The first-order valence-corrected chi connectivity index (χ1v) is 13.4. The second kappa shape index (κ2) is 9.68. The average molecular weight is 514 g/mol. The van der Waals surface area contributed by atoms with Crippen molar-refractivity contribution in [3.63, 3.8) is 0 Å². The standard InChI is InChI=1S/C29H27N3O4S/c1-18-30-26-25(23-12-11-20(17-24(23)37-26)19-7-3-2-4-8-19)29(35)31(18)13-15-36-16-14-32-27(33)21-9-5-6-10-22(21)28(32)34/h2-10,20H,11-17H2,1H3. The van der Waals surface area contributed by atoms with E-state index < -0.39 is 0 Å². The molecule has 2 amide bonds. The van der Waals surface area contributed by atoms with Crippen molar-refractivity contribution in [2.75, 3.05) is 19.8 Å². The molecule has 37 heavy (non-hydrogen) atoms. The molecule has 0 spiro atoms.